The molecular formula is C17H14ClN3O4. The molecule has 0 aliphatic heterocycles. The molecule has 1 amide bonds. The number of carbonyl (C=O) groups is 1. The Morgan fingerprint density at radius 1 is 1.08 bits per heavy atom. The number of anilines is 1. The molecule has 0 aliphatic carbocycles. The number of rotatable bonds is 6. The number of pyridine rings is 2. The topological polar surface area (TPSA) is 82.6 Å². The zero-order valence-corrected chi connectivity index (χ0v) is 14.2. The lowest BCUT2D eigenvalue weighted by Crippen LogP contribution is -1.97. The molecule has 1 N–H and O–H groups in total. The minimum atomic E-state index is 0.209. The van der Waals surface area contributed by atoms with Crippen molar-refractivity contribution < 1.29 is 19.0 Å². The fourth-order valence-electron chi connectivity index (χ4n) is 2.29. The second-order valence-corrected chi connectivity index (χ2v) is 5.32. The van der Waals surface area contributed by atoms with Gasteiger partial charge >= 0.3 is 0 Å². The third-order valence-electron chi connectivity index (χ3n) is 3.45. The van der Waals surface area contributed by atoms with Gasteiger partial charge in [-0.25, -0.2) is 4.98 Å². The van der Waals surface area contributed by atoms with Gasteiger partial charge in [0.1, 0.15) is 10.8 Å². The molecule has 2 heterocycles. The molecule has 0 aliphatic rings. The van der Waals surface area contributed by atoms with Gasteiger partial charge in [0.15, 0.2) is 11.5 Å². The smallest absolute Gasteiger partial charge is 0.238 e. The van der Waals surface area contributed by atoms with Gasteiger partial charge in [-0.1, -0.05) is 11.6 Å². The molecule has 3 rings (SSSR count). The third kappa shape index (κ3) is 3.41. The van der Waals surface area contributed by atoms with Crippen LogP contribution in [0.25, 0.3) is 10.9 Å². The van der Waals surface area contributed by atoms with Crippen molar-refractivity contribution in [1.82, 2.24) is 9.97 Å². The molecule has 0 spiro atoms. The number of hydrogen-bond acceptors (Lipinski definition) is 6. The highest BCUT2D eigenvalue weighted by Crippen LogP contribution is 2.37. The Bertz CT molecular complexity index is 933. The van der Waals surface area contributed by atoms with Crippen molar-refractivity contribution in [1.29, 1.82) is 0 Å². The van der Waals surface area contributed by atoms with E-state index in [9.17, 15) is 4.79 Å². The van der Waals surface area contributed by atoms with Gasteiger partial charge in [-0.15, -0.1) is 0 Å². The summed E-state index contributed by atoms with van der Waals surface area (Å²) in [5.74, 6) is 1.84. The van der Waals surface area contributed by atoms with Crippen LogP contribution in [0.5, 0.6) is 23.1 Å². The summed E-state index contributed by atoms with van der Waals surface area (Å²) in [5, 5.41) is 3.45. The molecule has 0 radical (unpaired) electrons. The molecule has 0 saturated heterocycles. The summed E-state index contributed by atoms with van der Waals surface area (Å²) in [4.78, 5) is 18.9. The van der Waals surface area contributed by atoms with E-state index in [0.717, 1.165) is 0 Å². The summed E-state index contributed by atoms with van der Waals surface area (Å²) in [5.41, 5.74) is 1.14. The van der Waals surface area contributed by atoms with E-state index in [1.807, 2.05) is 0 Å². The zero-order valence-electron chi connectivity index (χ0n) is 13.4. The van der Waals surface area contributed by atoms with Crippen LogP contribution in [-0.2, 0) is 4.79 Å². The number of nitrogens with one attached hydrogen (secondary N) is 1. The molecule has 8 heteroatoms. The van der Waals surface area contributed by atoms with Crippen LogP contribution in [0.4, 0.5) is 5.69 Å². The van der Waals surface area contributed by atoms with Gasteiger partial charge in [0.2, 0.25) is 12.3 Å². The first kappa shape index (κ1) is 16.8. The van der Waals surface area contributed by atoms with Crippen LogP contribution in [0, 0.1) is 0 Å². The van der Waals surface area contributed by atoms with E-state index < -0.39 is 0 Å². The summed E-state index contributed by atoms with van der Waals surface area (Å²) in [6.45, 7) is 0. The molecule has 2 aromatic heterocycles. The van der Waals surface area contributed by atoms with Crippen molar-refractivity contribution in [3.05, 3.63) is 41.7 Å². The maximum Gasteiger partial charge on any atom is 0.238 e. The second-order valence-electron chi connectivity index (χ2n) is 4.91. The third-order valence-corrected chi connectivity index (χ3v) is 3.72. The van der Waals surface area contributed by atoms with Gasteiger partial charge in [0, 0.05) is 17.6 Å². The van der Waals surface area contributed by atoms with E-state index in [1.165, 1.54) is 6.20 Å². The van der Waals surface area contributed by atoms with E-state index in [0.29, 0.717) is 40.2 Å². The predicted octanol–water partition coefficient (Wildman–Crippen LogP) is 3.66. The number of fused-ring (bicyclic) bond motifs is 1. The molecule has 0 bridgehead atoms. The lowest BCUT2D eigenvalue weighted by molar-refractivity contribution is -0.105. The van der Waals surface area contributed by atoms with Crippen molar-refractivity contribution in [2.24, 2.45) is 0 Å². The largest absolute Gasteiger partial charge is 0.493 e. The van der Waals surface area contributed by atoms with Crippen molar-refractivity contribution in [3.8, 4) is 23.1 Å². The first-order chi connectivity index (χ1) is 12.2. The number of halogens is 1. The fourth-order valence-corrected chi connectivity index (χ4v) is 2.49. The average Bonchev–Trinajstić information content (AvgIpc) is 2.63. The van der Waals surface area contributed by atoms with Crippen LogP contribution in [0.1, 0.15) is 0 Å². The summed E-state index contributed by atoms with van der Waals surface area (Å²) < 4.78 is 16.4. The van der Waals surface area contributed by atoms with E-state index in [2.05, 4.69) is 15.3 Å². The Labute approximate surface area is 148 Å². The van der Waals surface area contributed by atoms with Crippen molar-refractivity contribution in [2.75, 3.05) is 19.5 Å². The minimum Gasteiger partial charge on any atom is -0.493 e. The summed E-state index contributed by atoms with van der Waals surface area (Å²) in [6, 6.07) is 6.77. The molecule has 1 aromatic carbocycles. The fraction of sp³-hybridized carbons (Fsp3) is 0.118. The van der Waals surface area contributed by atoms with Crippen LogP contribution in [0.3, 0.4) is 0 Å². The molecule has 25 heavy (non-hydrogen) atoms. The first-order valence-electron chi connectivity index (χ1n) is 7.20. The number of hydrogen-bond donors (Lipinski definition) is 1. The van der Waals surface area contributed by atoms with Gasteiger partial charge in [0.05, 0.1) is 31.6 Å². The van der Waals surface area contributed by atoms with Gasteiger partial charge in [-0.05, 0) is 18.2 Å². The van der Waals surface area contributed by atoms with E-state index in [4.69, 9.17) is 25.8 Å². The molecule has 0 atom stereocenters. The number of ether oxygens (including phenoxy) is 3. The van der Waals surface area contributed by atoms with E-state index in [-0.39, 0.29) is 10.9 Å². The van der Waals surface area contributed by atoms with Crippen molar-refractivity contribution in [2.45, 2.75) is 0 Å². The maximum absolute atomic E-state index is 10.5. The SMILES string of the molecule is COc1cc2nccc(Oc3ncc(NC=O)cc3Cl)c2cc1OC. The normalized spacial score (nSPS) is 10.4. The van der Waals surface area contributed by atoms with Gasteiger partial charge in [-0.3, -0.25) is 9.78 Å². The highest BCUT2D eigenvalue weighted by Gasteiger charge is 2.13. The molecule has 3 aromatic rings. The lowest BCUT2D eigenvalue weighted by Gasteiger charge is -2.12. The Hall–Kier alpha value is -3.06. The van der Waals surface area contributed by atoms with E-state index in [1.54, 1.807) is 44.7 Å². The number of carbonyl (C=O) groups excluding carboxylic acids is 1. The lowest BCUT2D eigenvalue weighted by atomic mass is 10.2. The van der Waals surface area contributed by atoms with Crippen LogP contribution in [-0.4, -0.2) is 30.6 Å². The van der Waals surface area contributed by atoms with Gasteiger partial charge < -0.3 is 19.5 Å². The number of aromatic nitrogens is 2. The average molecular weight is 360 g/mol. The van der Waals surface area contributed by atoms with Crippen molar-refractivity contribution >= 4 is 34.6 Å². The molecular weight excluding hydrogens is 346 g/mol. The quantitative estimate of drug-likeness (QED) is 0.676. The first-order valence-corrected chi connectivity index (χ1v) is 7.58. The van der Waals surface area contributed by atoms with Crippen molar-refractivity contribution in [3.63, 3.8) is 0 Å². The number of benzene rings is 1. The van der Waals surface area contributed by atoms with Gasteiger partial charge in [0.25, 0.3) is 0 Å². The molecule has 0 unspecified atom stereocenters. The monoisotopic (exact) mass is 359 g/mol. The van der Waals surface area contributed by atoms with Crippen LogP contribution in [0.2, 0.25) is 5.02 Å². The van der Waals surface area contributed by atoms with Crippen LogP contribution >= 0.6 is 11.6 Å². The highest BCUT2D eigenvalue weighted by molar-refractivity contribution is 6.32. The standard InChI is InChI=1S/C17H14ClN3O4/c1-23-15-6-11-13(7-16(15)24-2)19-4-3-14(11)25-17-12(18)5-10(8-20-17)21-9-22/h3-9H,1-2H3,(H,21,22). The predicted molar refractivity (Wildman–Crippen MR) is 93.9 cm³/mol. The highest BCUT2D eigenvalue weighted by atomic mass is 35.5. The molecule has 0 saturated carbocycles. The molecule has 7 nitrogen and oxygen atoms in total. The Balaban J connectivity index is 2.03. The zero-order chi connectivity index (χ0) is 17.8. The van der Waals surface area contributed by atoms with Crippen LogP contribution < -0.4 is 19.5 Å². The summed E-state index contributed by atoms with van der Waals surface area (Å²) in [7, 11) is 3.11. The maximum atomic E-state index is 10.5. The van der Waals surface area contributed by atoms with E-state index >= 15 is 0 Å². The number of nitrogens with zero attached hydrogens (tertiary/aromatic N) is 2. The Morgan fingerprint density at radius 3 is 2.52 bits per heavy atom. The Morgan fingerprint density at radius 2 is 1.84 bits per heavy atom. The molecule has 0 fully saturated rings. The summed E-state index contributed by atoms with van der Waals surface area (Å²) in [6.07, 6.45) is 3.60. The Kier molecular flexibility index (Phi) is 4.85. The van der Waals surface area contributed by atoms with Gasteiger partial charge in [-0.2, -0.15) is 0 Å². The van der Waals surface area contributed by atoms with Crippen LogP contribution in [0.15, 0.2) is 36.7 Å². The number of amides is 1. The molecule has 128 valence electrons. The minimum absolute atomic E-state index is 0.209. The summed E-state index contributed by atoms with van der Waals surface area (Å²) >= 11 is 6.17. The second kappa shape index (κ2) is 7.23. The number of methoxy groups -OCH3 is 2.